The van der Waals surface area contributed by atoms with Crippen LogP contribution < -0.4 is 0 Å². The maximum atomic E-state index is 10.6. The van der Waals surface area contributed by atoms with E-state index in [1.165, 1.54) is 9.71 Å². The van der Waals surface area contributed by atoms with Gasteiger partial charge < -0.3 is 10.0 Å². The van der Waals surface area contributed by atoms with Crippen LogP contribution in [0.15, 0.2) is 24.3 Å². The molecular weight excluding hydrogens is 298 g/mol. The first-order valence-electron chi connectivity index (χ1n) is 7.67. The summed E-state index contributed by atoms with van der Waals surface area (Å²) in [4.78, 5) is 20.1. The van der Waals surface area contributed by atoms with Crippen LogP contribution in [0, 0.1) is 0 Å². The highest BCUT2D eigenvalue weighted by atomic mass is 32.1. The number of hydrogen-bond donors (Lipinski definition) is 1. The van der Waals surface area contributed by atoms with Crippen LogP contribution in [0.4, 0.5) is 0 Å². The zero-order valence-electron chi connectivity index (χ0n) is 12.7. The minimum atomic E-state index is -0.717. The normalized spacial score (nSPS) is 18.6. The number of piperazine rings is 1. The lowest BCUT2D eigenvalue weighted by Crippen LogP contribution is -2.47. The summed E-state index contributed by atoms with van der Waals surface area (Å²) in [6.07, 6.45) is 0.230. The summed E-state index contributed by atoms with van der Waals surface area (Å²) < 4.78 is 1.24. The third kappa shape index (κ3) is 3.45. The predicted molar refractivity (Wildman–Crippen MR) is 88.3 cm³/mol. The second-order valence-electron chi connectivity index (χ2n) is 5.72. The molecule has 1 aliphatic heterocycles. The molecule has 0 saturated carbocycles. The van der Waals surface area contributed by atoms with E-state index < -0.39 is 5.97 Å². The van der Waals surface area contributed by atoms with E-state index in [0.29, 0.717) is 12.6 Å². The first kappa shape index (κ1) is 15.4. The molecule has 0 amide bonds. The number of rotatable bonds is 5. The molecule has 1 aromatic heterocycles. The number of benzene rings is 1. The summed E-state index contributed by atoms with van der Waals surface area (Å²) in [6, 6.07) is 8.58. The molecule has 1 aromatic carbocycles. The van der Waals surface area contributed by atoms with Crippen molar-refractivity contribution in [2.75, 3.05) is 32.7 Å². The zero-order valence-corrected chi connectivity index (χ0v) is 13.6. The minimum absolute atomic E-state index is 0.230. The summed E-state index contributed by atoms with van der Waals surface area (Å²) in [5.74, 6) is -0.717. The Bertz CT molecular complexity index is 617. The van der Waals surface area contributed by atoms with Crippen molar-refractivity contribution in [3.05, 3.63) is 29.3 Å². The van der Waals surface area contributed by atoms with Crippen molar-refractivity contribution in [3.63, 3.8) is 0 Å². The molecule has 0 radical (unpaired) electrons. The van der Waals surface area contributed by atoms with E-state index in [2.05, 4.69) is 34.9 Å². The Hall–Kier alpha value is -1.50. The van der Waals surface area contributed by atoms with Crippen LogP contribution in [0.1, 0.15) is 24.4 Å². The van der Waals surface area contributed by atoms with E-state index in [1.54, 1.807) is 11.3 Å². The molecule has 5 nitrogen and oxygen atoms in total. The van der Waals surface area contributed by atoms with Crippen LogP contribution in [0.2, 0.25) is 0 Å². The van der Waals surface area contributed by atoms with E-state index in [9.17, 15) is 4.79 Å². The van der Waals surface area contributed by atoms with Crippen LogP contribution in [-0.2, 0) is 4.79 Å². The highest BCUT2D eigenvalue weighted by Gasteiger charge is 2.24. The average Bonchev–Trinajstić information content (AvgIpc) is 2.96. The Kier molecular flexibility index (Phi) is 4.71. The molecule has 0 aliphatic carbocycles. The van der Waals surface area contributed by atoms with Gasteiger partial charge in [-0.3, -0.25) is 9.69 Å². The van der Waals surface area contributed by atoms with Gasteiger partial charge in [0.25, 0.3) is 0 Å². The van der Waals surface area contributed by atoms with Gasteiger partial charge in [-0.15, -0.1) is 11.3 Å². The summed E-state index contributed by atoms with van der Waals surface area (Å²) in [5, 5.41) is 9.92. The highest BCUT2D eigenvalue weighted by Crippen LogP contribution is 2.29. The van der Waals surface area contributed by atoms with Crippen molar-refractivity contribution in [2.24, 2.45) is 0 Å². The van der Waals surface area contributed by atoms with Gasteiger partial charge in [-0.25, -0.2) is 4.98 Å². The third-order valence-electron chi connectivity index (χ3n) is 4.26. The average molecular weight is 319 g/mol. The highest BCUT2D eigenvalue weighted by molar-refractivity contribution is 7.18. The number of nitrogens with zero attached hydrogens (tertiary/aromatic N) is 3. The van der Waals surface area contributed by atoms with E-state index in [1.807, 2.05) is 6.07 Å². The van der Waals surface area contributed by atoms with Gasteiger partial charge in [0.05, 0.1) is 22.7 Å². The third-order valence-corrected chi connectivity index (χ3v) is 5.47. The van der Waals surface area contributed by atoms with E-state index in [0.717, 1.165) is 31.7 Å². The van der Waals surface area contributed by atoms with Gasteiger partial charge in [0.2, 0.25) is 0 Å². The Labute approximate surface area is 134 Å². The van der Waals surface area contributed by atoms with Gasteiger partial charge in [-0.05, 0) is 19.1 Å². The number of aromatic nitrogens is 1. The summed E-state index contributed by atoms with van der Waals surface area (Å²) >= 11 is 1.77. The maximum absolute atomic E-state index is 10.6. The second kappa shape index (κ2) is 6.73. The van der Waals surface area contributed by atoms with Crippen molar-refractivity contribution in [1.29, 1.82) is 0 Å². The predicted octanol–water partition coefficient (Wildman–Crippen LogP) is 2.45. The summed E-state index contributed by atoms with van der Waals surface area (Å²) in [5.41, 5.74) is 1.08. The second-order valence-corrected chi connectivity index (χ2v) is 6.78. The lowest BCUT2D eigenvalue weighted by atomic mass is 10.2. The lowest BCUT2D eigenvalue weighted by Gasteiger charge is -2.37. The van der Waals surface area contributed by atoms with Crippen LogP contribution in [0.25, 0.3) is 10.2 Å². The van der Waals surface area contributed by atoms with Crippen molar-refractivity contribution in [3.8, 4) is 0 Å². The van der Waals surface area contributed by atoms with Crippen molar-refractivity contribution in [1.82, 2.24) is 14.8 Å². The van der Waals surface area contributed by atoms with Crippen LogP contribution in [-0.4, -0.2) is 58.6 Å². The standard InChI is InChI=1S/C16H21N3O2S/c1-12(16-17-13-4-2-3-5-14(13)22-16)19-10-8-18(9-11-19)7-6-15(20)21/h2-5,12H,6-11H2,1H3,(H,20,21). The number of aliphatic carboxylic acids is 1. The summed E-state index contributed by atoms with van der Waals surface area (Å²) in [7, 11) is 0. The number of para-hydroxylation sites is 1. The Balaban J connectivity index is 1.59. The fourth-order valence-electron chi connectivity index (χ4n) is 2.85. The molecule has 0 spiro atoms. The topological polar surface area (TPSA) is 56.7 Å². The summed E-state index contributed by atoms with van der Waals surface area (Å²) in [6.45, 7) is 6.67. The molecule has 1 saturated heterocycles. The fourth-order valence-corrected chi connectivity index (χ4v) is 3.91. The molecule has 2 heterocycles. The first-order valence-corrected chi connectivity index (χ1v) is 8.49. The van der Waals surface area contributed by atoms with E-state index in [-0.39, 0.29) is 6.42 Å². The number of carboxylic acids is 1. The Morgan fingerprint density at radius 1 is 1.32 bits per heavy atom. The van der Waals surface area contributed by atoms with Crippen LogP contribution in [0.3, 0.4) is 0 Å². The largest absolute Gasteiger partial charge is 0.481 e. The molecule has 1 aliphatic rings. The Morgan fingerprint density at radius 3 is 2.73 bits per heavy atom. The molecule has 1 unspecified atom stereocenters. The minimum Gasteiger partial charge on any atom is -0.481 e. The number of thiazole rings is 1. The molecule has 3 rings (SSSR count). The van der Waals surface area contributed by atoms with Gasteiger partial charge in [-0.2, -0.15) is 0 Å². The number of carboxylic acid groups (broad SMARTS) is 1. The van der Waals surface area contributed by atoms with E-state index >= 15 is 0 Å². The van der Waals surface area contributed by atoms with Crippen LogP contribution >= 0.6 is 11.3 Å². The lowest BCUT2D eigenvalue weighted by molar-refractivity contribution is -0.137. The first-order chi connectivity index (χ1) is 10.6. The van der Waals surface area contributed by atoms with Gasteiger partial charge in [0.1, 0.15) is 5.01 Å². The van der Waals surface area contributed by atoms with Gasteiger partial charge in [-0.1, -0.05) is 12.1 Å². The van der Waals surface area contributed by atoms with Crippen LogP contribution in [0.5, 0.6) is 0 Å². The molecule has 0 bridgehead atoms. The Morgan fingerprint density at radius 2 is 2.05 bits per heavy atom. The number of carbonyl (C=O) groups is 1. The molecule has 22 heavy (non-hydrogen) atoms. The fraction of sp³-hybridized carbons (Fsp3) is 0.500. The van der Waals surface area contributed by atoms with E-state index in [4.69, 9.17) is 10.1 Å². The SMILES string of the molecule is CC(c1nc2ccccc2s1)N1CCN(CCC(=O)O)CC1. The number of fused-ring (bicyclic) bond motifs is 1. The van der Waals surface area contributed by atoms with Crippen molar-refractivity contribution >= 4 is 27.5 Å². The molecule has 118 valence electrons. The zero-order chi connectivity index (χ0) is 15.5. The van der Waals surface area contributed by atoms with Gasteiger partial charge >= 0.3 is 5.97 Å². The molecule has 1 N–H and O–H groups in total. The molecule has 6 heteroatoms. The van der Waals surface area contributed by atoms with Gasteiger partial charge in [0, 0.05) is 32.7 Å². The smallest absolute Gasteiger partial charge is 0.304 e. The monoisotopic (exact) mass is 319 g/mol. The molecule has 1 fully saturated rings. The van der Waals surface area contributed by atoms with Crippen molar-refractivity contribution in [2.45, 2.75) is 19.4 Å². The molecule has 1 atom stereocenters. The quantitative estimate of drug-likeness (QED) is 0.917. The maximum Gasteiger partial charge on any atom is 0.304 e. The van der Waals surface area contributed by atoms with Gasteiger partial charge in [0.15, 0.2) is 0 Å². The number of hydrogen-bond acceptors (Lipinski definition) is 5. The molecular formula is C16H21N3O2S. The van der Waals surface area contributed by atoms with Crippen molar-refractivity contribution < 1.29 is 9.90 Å². The molecule has 2 aromatic rings.